The Labute approximate surface area is 207 Å². The molecular formula is C27H24N4O5. The molecule has 0 atom stereocenters. The van der Waals surface area contributed by atoms with Gasteiger partial charge < -0.3 is 19.0 Å². The molecule has 2 aromatic heterocycles. The van der Waals surface area contributed by atoms with E-state index in [-0.39, 0.29) is 23.3 Å². The van der Waals surface area contributed by atoms with Gasteiger partial charge in [0.25, 0.3) is 11.8 Å². The molecular weight excluding hydrogens is 460 g/mol. The maximum Gasteiger partial charge on any atom is 0.357 e. The number of rotatable bonds is 6. The van der Waals surface area contributed by atoms with Crippen LogP contribution in [-0.2, 0) is 9.53 Å². The number of carbonyl (C=O) groups excluding carboxylic acids is 3. The minimum Gasteiger partial charge on any atom is -0.459 e. The highest BCUT2D eigenvalue weighted by Gasteiger charge is 2.27. The van der Waals surface area contributed by atoms with Gasteiger partial charge in [0, 0.05) is 31.7 Å². The molecule has 182 valence electrons. The van der Waals surface area contributed by atoms with Crippen molar-refractivity contribution in [3.63, 3.8) is 0 Å². The molecule has 1 saturated heterocycles. The Balaban J connectivity index is 1.24. The fourth-order valence-corrected chi connectivity index (χ4v) is 4.05. The Kier molecular flexibility index (Phi) is 6.61. The molecule has 0 radical (unpaired) electrons. The number of piperazine rings is 1. The monoisotopic (exact) mass is 484 g/mol. The van der Waals surface area contributed by atoms with Crippen molar-refractivity contribution >= 4 is 17.8 Å². The summed E-state index contributed by atoms with van der Waals surface area (Å²) >= 11 is 0. The number of ether oxygens (including phenoxy) is 1. The van der Waals surface area contributed by atoms with Crippen molar-refractivity contribution in [1.29, 1.82) is 0 Å². The molecule has 9 nitrogen and oxygen atoms in total. The van der Waals surface area contributed by atoms with Crippen molar-refractivity contribution in [3.05, 3.63) is 96.6 Å². The fraction of sp³-hybridized carbons (Fsp3) is 0.185. The van der Waals surface area contributed by atoms with Gasteiger partial charge in [0.2, 0.25) is 0 Å². The number of benzene rings is 2. The molecule has 0 saturated carbocycles. The molecule has 0 unspecified atom stereocenters. The summed E-state index contributed by atoms with van der Waals surface area (Å²) in [5.74, 6) is -0.897. The zero-order valence-electron chi connectivity index (χ0n) is 19.4. The van der Waals surface area contributed by atoms with Crippen LogP contribution in [0, 0.1) is 0 Å². The summed E-state index contributed by atoms with van der Waals surface area (Å²) in [6, 6.07) is 23.7. The molecule has 5 rings (SSSR count). The molecule has 0 aliphatic carbocycles. The second kappa shape index (κ2) is 10.3. The van der Waals surface area contributed by atoms with Gasteiger partial charge in [-0.2, -0.15) is 5.10 Å². The van der Waals surface area contributed by atoms with Crippen molar-refractivity contribution in [2.24, 2.45) is 0 Å². The molecule has 0 N–H and O–H groups in total. The van der Waals surface area contributed by atoms with E-state index in [2.05, 4.69) is 5.10 Å². The molecule has 4 aromatic rings. The Bertz CT molecular complexity index is 1340. The summed E-state index contributed by atoms with van der Waals surface area (Å²) in [6.07, 6.45) is 1.45. The maximum atomic E-state index is 13.0. The second-order valence-electron chi connectivity index (χ2n) is 8.25. The predicted octanol–water partition coefficient (Wildman–Crippen LogP) is 3.27. The summed E-state index contributed by atoms with van der Waals surface area (Å²) in [5, 5.41) is 4.61. The van der Waals surface area contributed by atoms with E-state index in [4.69, 9.17) is 9.15 Å². The summed E-state index contributed by atoms with van der Waals surface area (Å²) in [7, 11) is 0. The van der Waals surface area contributed by atoms with Crippen LogP contribution in [0.5, 0.6) is 0 Å². The summed E-state index contributed by atoms with van der Waals surface area (Å²) < 4.78 is 12.1. The van der Waals surface area contributed by atoms with Gasteiger partial charge >= 0.3 is 5.97 Å². The van der Waals surface area contributed by atoms with E-state index in [0.29, 0.717) is 37.6 Å². The first-order valence-corrected chi connectivity index (χ1v) is 11.6. The summed E-state index contributed by atoms with van der Waals surface area (Å²) in [6.45, 7) is 1.05. The fourth-order valence-electron chi connectivity index (χ4n) is 4.05. The Hall–Kier alpha value is -4.66. The third-order valence-electron chi connectivity index (χ3n) is 5.97. The lowest BCUT2D eigenvalue weighted by Crippen LogP contribution is -2.51. The van der Waals surface area contributed by atoms with Crippen molar-refractivity contribution in [1.82, 2.24) is 19.6 Å². The van der Waals surface area contributed by atoms with Crippen LogP contribution in [-0.4, -0.2) is 70.1 Å². The number of furan rings is 1. The van der Waals surface area contributed by atoms with E-state index >= 15 is 0 Å². The van der Waals surface area contributed by atoms with Crippen LogP contribution in [0.25, 0.3) is 16.9 Å². The molecule has 1 aliphatic rings. The molecule has 9 heteroatoms. The van der Waals surface area contributed by atoms with Crippen LogP contribution in [0.4, 0.5) is 0 Å². The number of aromatic nitrogens is 2. The van der Waals surface area contributed by atoms with E-state index < -0.39 is 12.6 Å². The second-order valence-corrected chi connectivity index (χ2v) is 8.25. The third-order valence-corrected chi connectivity index (χ3v) is 5.97. The zero-order valence-corrected chi connectivity index (χ0v) is 19.4. The van der Waals surface area contributed by atoms with Gasteiger partial charge in [0.15, 0.2) is 18.1 Å². The number of hydrogen-bond donors (Lipinski definition) is 0. The van der Waals surface area contributed by atoms with Gasteiger partial charge in [-0.05, 0) is 30.3 Å². The highest BCUT2D eigenvalue weighted by molar-refractivity contribution is 5.92. The Morgan fingerprint density at radius 3 is 2.17 bits per heavy atom. The average molecular weight is 485 g/mol. The van der Waals surface area contributed by atoms with Crippen LogP contribution in [0.1, 0.15) is 21.0 Å². The number of nitrogens with zero attached hydrogens (tertiary/aromatic N) is 4. The third kappa shape index (κ3) is 4.90. The molecule has 3 heterocycles. The molecule has 2 amide bonds. The van der Waals surface area contributed by atoms with E-state index in [1.54, 1.807) is 28.0 Å². The van der Waals surface area contributed by atoms with Gasteiger partial charge in [-0.1, -0.05) is 48.5 Å². The minimum atomic E-state index is -0.645. The topological polar surface area (TPSA) is 97.9 Å². The van der Waals surface area contributed by atoms with Crippen molar-refractivity contribution in [3.8, 4) is 16.9 Å². The van der Waals surface area contributed by atoms with Crippen LogP contribution in [0.15, 0.2) is 89.5 Å². The highest BCUT2D eigenvalue weighted by atomic mass is 16.5. The van der Waals surface area contributed by atoms with E-state index in [1.807, 2.05) is 60.7 Å². The number of amides is 2. The molecule has 1 aliphatic heterocycles. The zero-order chi connectivity index (χ0) is 24.9. The molecule has 1 fully saturated rings. The SMILES string of the molecule is O=C(OCC(=O)N1CCN(C(=O)c2ccco2)CC1)c1cc(-c2ccccc2)nn1-c1ccccc1. The van der Waals surface area contributed by atoms with E-state index in [9.17, 15) is 14.4 Å². The molecule has 36 heavy (non-hydrogen) atoms. The van der Waals surface area contributed by atoms with Gasteiger partial charge in [-0.15, -0.1) is 0 Å². The molecule has 0 bridgehead atoms. The van der Waals surface area contributed by atoms with Gasteiger partial charge in [-0.3, -0.25) is 9.59 Å². The first-order valence-electron chi connectivity index (χ1n) is 11.6. The number of carbonyl (C=O) groups is 3. The Morgan fingerprint density at radius 1 is 0.833 bits per heavy atom. The van der Waals surface area contributed by atoms with Gasteiger partial charge in [0.05, 0.1) is 17.6 Å². The van der Waals surface area contributed by atoms with Crippen molar-refractivity contribution in [2.45, 2.75) is 0 Å². The summed E-state index contributed by atoms with van der Waals surface area (Å²) in [5.41, 5.74) is 2.41. The van der Waals surface area contributed by atoms with E-state index in [0.717, 1.165) is 5.56 Å². The molecule has 2 aromatic carbocycles. The van der Waals surface area contributed by atoms with Crippen LogP contribution >= 0.6 is 0 Å². The smallest absolute Gasteiger partial charge is 0.357 e. The summed E-state index contributed by atoms with van der Waals surface area (Å²) in [4.78, 5) is 41.4. The average Bonchev–Trinajstić information content (AvgIpc) is 3.63. The van der Waals surface area contributed by atoms with Gasteiger partial charge in [0.1, 0.15) is 0 Å². The van der Waals surface area contributed by atoms with Crippen LogP contribution < -0.4 is 0 Å². The lowest BCUT2D eigenvalue weighted by molar-refractivity contribution is -0.136. The number of esters is 1. The standard InChI is InChI=1S/C27H24N4O5/c32-25(29-13-15-30(16-14-29)26(33)24-12-7-17-35-24)19-36-27(34)23-18-22(20-8-3-1-4-9-20)28-31(23)21-10-5-2-6-11-21/h1-12,17-18H,13-16,19H2. The van der Waals surface area contributed by atoms with Crippen molar-refractivity contribution < 1.29 is 23.5 Å². The largest absolute Gasteiger partial charge is 0.459 e. The predicted molar refractivity (Wildman–Crippen MR) is 130 cm³/mol. The quantitative estimate of drug-likeness (QED) is 0.390. The molecule has 0 spiro atoms. The van der Waals surface area contributed by atoms with Crippen molar-refractivity contribution in [2.75, 3.05) is 32.8 Å². The highest BCUT2D eigenvalue weighted by Crippen LogP contribution is 2.22. The van der Waals surface area contributed by atoms with E-state index in [1.165, 1.54) is 10.9 Å². The normalized spacial score (nSPS) is 13.4. The number of hydrogen-bond acceptors (Lipinski definition) is 6. The maximum absolute atomic E-state index is 13.0. The minimum absolute atomic E-state index is 0.207. The first-order chi connectivity index (χ1) is 17.6. The van der Waals surface area contributed by atoms with Crippen LogP contribution in [0.3, 0.4) is 0 Å². The van der Waals surface area contributed by atoms with Crippen LogP contribution in [0.2, 0.25) is 0 Å². The lowest BCUT2D eigenvalue weighted by Gasteiger charge is -2.34. The Morgan fingerprint density at radius 2 is 1.50 bits per heavy atom. The lowest BCUT2D eigenvalue weighted by atomic mass is 10.1. The first kappa shape index (κ1) is 23.1. The number of para-hydroxylation sites is 1. The van der Waals surface area contributed by atoms with Gasteiger partial charge in [-0.25, -0.2) is 9.48 Å².